The Morgan fingerprint density at radius 2 is 2.00 bits per heavy atom. The Morgan fingerprint density at radius 1 is 1.23 bits per heavy atom. The first kappa shape index (κ1) is 8.91. The van der Waals surface area contributed by atoms with Gasteiger partial charge in [-0.25, -0.2) is 4.39 Å². The minimum Gasteiger partial charge on any atom is -0.263 e. The van der Waals surface area contributed by atoms with Crippen LogP contribution >= 0.6 is 27.5 Å². The molecule has 2 rings (SSSR count). The van der Waals surface area contributed by atoms with E-state index in [2.05, 4.69) is 20.9 Å². The number of aromatic nitrogens is 1. The maximum Gasteiger partial charge on any atom is 0.125 e. The van der Waals surface area contributed by atoms with Crippen LogP contribution in [0.1, 0.15) is 0 Å². The summed E-state index contributed by atoms with van der Waals surface area (Å²) in [6, 6.07) is 2.70. The number of nitrogens with zero attached hydrogens (tertiary/aromatic N) is 1. The summed E-state index contributed by atoms with van der Waals surface area (Å²) in [5.41, 5.74) is 0. The molecule has 0 radical (unpaired) electrons. The second-order valence-electron chi connectivity index (χ2n) is 2.60. The monoisotopic (exact) mass is 259 g/mol. The molecule has 0 aliphatic heterocycles. The topological polar surface area (TPSA) is 12.9 Å². The van der Waals surface area contributed by atoms with Crippen LogP contribution in [0, 0.1) is 5.82 Å². The summed E-state index contributed by atoms with van der Waals surface area (Å²) in [4.78, 5) is 3.95. The molecule has 66 valence electrons. The highest BCUT2D eigenvalue weighted by molar-refractivity contribution is 9.10. The quantitative estimate of drug-likeness (QED) is 0.702. The maximum absolute atomic E-state index is 13.0. The average Bonchev–Trinajstić information content (AvgIpc) is 2.07. The van der Waals surface area contributed by atoms with E-state index in [1.807, 2.05) is 0 Å². The highest BCUT2D eigenvalue weighted by Gasteiger charge is 2.04. The van der Waals surface area contributed by atoms with E-state index in [0.717, 1.165) is 15.2 Å². The smallest absolute Gasteiger partial charge is 0.125 e. The molecule has 0 aliphatic rings. The van der Waals surface area contributed by atoms with Crippen LogP contribution in [0.4, 0.5) is 4.39 Å². The molecule has 0 atom stereocenters. The summed E-state index contributed by atoms with van der Waals surface area (Å²) in [7, 11) is 0. The van der Waals surface area contributed by atoms with Crippen LogP contribution in [0.25, 0.3) is 10.8 Å². The first-order chi connectivity index (χ1) is 6.18. The molecule has 0 fully saturated rings. The van der Waals surface area contributed by atoms with Crippen LogP contribution in [-0.2, 0) is 0 Å². The van der Waals surface area contributed by atoms with E-state index < -0.39 is 0 Å². The van der Waals surface area contributed by atoms with Crippen molar-refractivity contribution in [3.63, 3.8) is 0 Å². The van der Waals surface area contributed by atoms with Gasteiger partial charge < -0.3 is 0 Å². The van der Waals surface area contributed by atoms with Gasteiger partial charge in [0.25, 0.3) is 0 Å². The normalized spacial score (nSPS) is 10.7. The summed E-state index contributed by atoms with van der Waals surface area (Å²) >= 11 is 9.11. The lowest BCUT2D eigenvalue weighted by atomic mass is 10.2. The lowest BCUT2D eigenvalue weighted by molar-refractivity contribution is 0.629. The predicted molar refractivity (Wildman–Crippen MR) is 54.4 cm³/mol. The maximum atomic E-state index is 13.0. The second-order valence-corrected chi connectivity index (χ2v) is 3.87. The molecule has 2 aromatic rings. The number of fused-ring (bicyclic) bond motifs is 1. The van der Waals surface area contributed by atoms with E-state index in [0.29, 0.717) is 5.02 Å². The standard InChI is InChI=1S/C9H4BrClFN/c10-8-4-13-3-7-6(8)1-5(12)2-9(7)11/h1-4H. The lowest BCUT2D eigenvalue weighted by Crippen LogP contribution is -1.82. The fraction of sp³-hybridized carbons (Fsp3) is 0. The summed E-state index contributed by atoms with van der Waals surface area (Å²) < 4.78 is 13.7. The van der Waals surface area contributed by atoms with Crippen molar-refractivity contribution in [3.8, 4) is 0 Å². The van der Waals surface area contributed by atoms with E-state index in [1.54, 1.807) is 12.4 Å². The fourth-order valence-corrected chi connectivity index (χ4v) is 1.86. The van der Waals surface area contributed by atoms with Crippen LogP contribution < -0.4 is 0 Å². The van der Waals surface area contributed by atoms with Crippen LogP contribution in [0.5, 0.6) is 0 Å². The van der Waals surface area contributed by atoms with Gasteiger partial charge >= 0.3 is 0 Å². The molecule has 4 heteroatoms. The van der Waals surface area contributed by atoms with Gasteiger partial charge in [-0.15, -0.1) is 0 Å². The van der Waals surface area contributed by atoms with Gasteiger partial charge in [0.2, 0.25) is 0 Å². The molecule has 13 heavy (non-hydrogen) atoms. The Balaban J connectivity index is 2.94. The van der Waals surface area contributed by atoms with E-state index in [1.165, 1.54) is 12.1 Å². The van der Waals surface area contributed by atoms with Crippen molar-refractivity contribution in [2.45, 2.75) is 0 Å². The minimum absolute atomic E-state index is 0.343. The van der Waals surface area contributed by atoms with Crippen LogP contribution in [0.2, 0.25) is 5.02 Å². The third-order valence-corrected chi connectivity index (χ3v) is 2.69. The number of hydrogen-bond acceptors (Lipinski definition) is 1. The van der Waals surface area contributed by atoms with Crippen molar-refractivity contribution >= 4 is 38.3 Å². The molecular weight excluding hydrogens is 256 g/mol. The van der Waals surface area contributed by atoms with Gasteiger partial charge in [-0.3, -0.25) is 4.98 Å². The second kappa shape index (κ2) is 3.24. The Labute approximate surface area is 87.7 Å². The molecule has 1 aromatic carbocycles. The van der Waals surface area contributed by atoms with Gasteiger partial charge in [-0.1, -0.05) is 11.6 Å². The zero-order chi connectivity index (χ0) is 9.42. The average molecular weight is 260 g/mol. The minimum atomic E-state index is -0.343. The number of hydrogen-bond donors (Lipinski definition) is 0. The number of pyridine rings is 1. The van der Waals surface area contributed by atoms with Gasteiger partial charge in [0.1, 0.15) is 5.82 Å². The highest BCUT2D eigenvalue weighted by Crippen LogP contribution is 2.29. The van der Waals surface area contributed by atoms with E-state index >= 15 is 0 Å². The zero-order valence-corrected chi connectivity index (χ0v) is 8.73. The summed E-state index contributed by atoms with van der Waals surface area (Å²) in [5, 5.41) is 1.86. The molecule has 0 N–H and O–H groups in total. The molecule has 0 aliphatic carbocycles. The van der Waals surface area contributed by atoms with E-state index in [4.69, 9.17) is 11.6 Å². The van der Waals surface area contributed by atoms with Gasteiger partial charge in [0, 0.05) is 27.6 Å². The Kier molecular flexibility index (Phi) is 2.22. The highest BCUT2D eigenvalue weighted by atomic mass is 79.9. The third kappa shape index (κ3) is 1.54. The summed E-state index contributed by atoms with van der Waals surface area (Å²) in [6.45, 7) is 0. The Bertz CT molecular complexity index is 472. The number of rotatable bonds is 0. The summed E-state index contributed by atoms with van der Waals surface area (Å²) in [6.07, 6.45) is 3.22. The molecule has 0 unspecified atom stereocenters. The first-order valence-electron chi connectivity index (χ1n) is 3.57. The number of benzene rings is 1. The largest absolute Gasteiger partial charge is 0.263 e. The van der Waals surface area contributed by atoms with Crippen LogP contribution in [0.3, 0.4) is 0 Å². The van der Waals surface area contributed by atoms with Crippen molar-refractivity contribution in [2.75, 3.05) is 0 Å². The van der Waals surface area contributed by atoms with E-state index in [-0.39, 0.29) is 5.82 Å². The SMILES string of the molecule is Fc1cc(Cl)c2cncc(Br)c2c1. The lowest BCUT2D eigenvalue weighted by Gasteiger charge is -2.01. The Hall–Kier alpha value is -0.670. The Morgan fingerprint density at radius 3 is 2.77 bits per heavy atom. The van der Waals surface area contributed by atoms with Crippen LogP contribution in [-0.4, -0.2) is 4.98 Å². The predicted octanol–water partition coefficient (Wildman–Crippen LogP) is 3.79. The van der Waals surface area contributed by atoms with Crippen molar-refractivity contribution in [1.29, 1.82) is 0 Å². The van der Waals surface area contributed by atoms with E-state index in [9.17, 15) is 4.39 Å². The molecule has 0 saturated heterocycles. The molecule has 0 bridgehead atoms. The molecule has 1 aromatic heterocycles. The van der Waals surface area contributed by atoms with Crippen LogP contribution in [0.15, 0.2) is 29.0 Å². The van der Waals surface area contributed by atoms with Gasteiger partial charge in [-0.05, 0) is 28.1 Å². The molecule has 0 saturated carbocycles. The molecular formula is C9H4BrClFN. The number of halogens is 3. The van der Waals surface area contributed by atoms with Crippen molar-refractivity contribution < 1.29 is 4.39 Å². The van der Waals surface area contributed by atoms with Crippen molar-refractivity contribution in [3.05, 3.63) is 39.8 Å². The van der Waals surface area contributed by atoms with Crippen molar-refractivity contribution in [2.24, 2.45) is 0 Å². The first-order valence-corrected chi connectivity index (χ1v) is 4.74. The van der Waals surface area contributed by atoms with Gasteiger partial charge in [0.05, 0.1) is 5.02 Å². The van der Waals surface area contributed by atoms with Gasteiger partial charge in [0.15, 0.2) is 0 Å². The molecule has 1 nitrogen and oxygen atoms in total. The molecule has 0 spiro atoms. The zero-order valence-electron chi connectivity index (χ0n) is 6.39. The van der Waals surface area contributed by atoms with Gasteiger partial charge in [-0.2, -0.15) is 0 Å². The molecule has 1 heterocycles. The van der Waals surface area contributed by atoms with Crippen molar-refractivity contribution in [1.82, 2.24) is 4.98 Å². The molecule has 0 amide bonds. The third-order valence-electron chi connectivity index (χ3n) is 1.74. The summed E-state index contributed by atoms with van der Waals surface area (Å²) in [5.74, 6) is -0.343. The fourth-order valence-electron chi connectivity index (χ4n) is 1.16.